The molecule has 3 rings (SSSR count). The number of rotatable bonds is 0. The molecule has 0 aliphatic carbocycles. The van der Waals surface area contributed by atoms with E-state index in [0.717, 1.165) is 35.7 Å². The first kappa shape index (κ1) is 9.33. The number of allylic oxidation sites excluding steroid dienone is 1. The van der Waals surface area contributed by atoms with Gasteiger partial charge in [-0.3, -0.25) is 9.56 Å². The highest BCUT2D eigenvalue weighted by molar-refractivity contribution is 6.01. The zero-order valence-corrected chi connectivity index (χ0v) is 9.22. The molecule has 1 aliphatic rings. The van der Waals surface area contributed by atoms with Crippen molar-refractivity contribution < 1.29 is 0 Å². The van der Waals surface area contributed by atoms with Crippen LogP contribution in [-0.2, 0) is 0 Å². The lowest BCUT2D eigenvalue weighted by atomic mass is 10.3. The van der Waals surface area contributed by atoms with E-state index < -0.39 is 0 Å². The molecule has 0 atom stereocenters. The molecule has 0 spiro atoms. The summed E-state index contributed by atoms with van der Waals surface area (Å²) < 4.78 is 2.12. The van der Waals surface area contributed by atoms with Crippen molar-refractivity contribution in [3.8, 4) is 0 Å². The summed E-state index contributed by atoms with van der Waals surface area (Å²) in [5.41, 5.74) is 2.16. The van der Waals surface area contributed by atoms with Gasteiger partial charge < -0.3 is 0 Å². The fraction of sp³-hybridized carbons (Fsp3) is 0.231. The van der Waals surface area contributed by atoms with Crippen LogP contribution in [-0.4, -0.2) is 21.9 Å². The van der Waals surface area contributed by atoms with Gasteiger partial charge in [-0.05, 0) is 31.6 Å². The van der Waals surface area contributed by atoms with E-state index in [9.17, 15) is 0 Å². The summed E-state index contributed by atoms with van der Waals surface area (Å²) in [6.45, 7) is 2.89. The predicted molar refractivity (Wildman–Crippen MR) is 65.9 cm³/mol. The number of nitrogens with zero attached hydrogens (tertiary/aromatic N) is 3. The number of aliphatic imine (C=N–C) groups is 1. The monoisotopic (exact) mass is 211 g/mol. The molecule has 1 aliphatic heterocycles. The van der Waals surface area contributed by atoms with Gasteiger partial charge >= 0.3 is 0 Å². The Kier molecular flexibility index (Phi) is 2.10. The number of hydrogen-bond donors (Lipinski definition) is 0. The molecule has 0 saturated heterocycles. The van der Waals surface area contributed by atoms with Crippen LogP contribution in [0.15, 0.2) is 41.4 Å². The van der Waals surface area contributed by atoms with E-state index in [4.69, 9.17) is 0 Å². The van der Waals surface area contributed by atoms with Gasteiger partial charge in [0.2, 0.25) is 0 Å². The first-order valence-corrected chi connectivity index (χ1v) is 5.52. The molecule has 2 aromatic rings. The van der Waals surface area contributed by atoms with Crippen molar-refractivity contribution in [3.63, 3.8) is 0 Å². The third kappa shape index (κ3) is 1.36. The van der Waals surface area contributed by atoms with Crippen molar-refractivity contribution in [1.29, 1.82) is 0 Å². The van der Waals surface area contributed by atoms with E-state index in [1.165, 1.54) is 0 Å². The van der Waals surface area contributed by atoms with Crippen molar-refractivity contribution in [1.82, 2.24) is 9.55 Å². The molecule has 2 heterocycles. The Bertz CT molecular complexity index is 590. The van der Waals surface area contributed by atoms with Crippen LogP contribution < -0.4 is 0 Å². The number of aryl methyl sites for hydroxylation is 1. The molecule has 1 aromatic heterocycles. The second-order valence-electron chi connectivity index (χ2n) is 3.91. The molecule has 0 unspecified atom stereocenters. The summed E-state index contributed by atoms with van der Waals surface area (Å²) in [5, 5.41) is 0. The summed E-state index contributed by atoms with van der Waals surface area (Å²) in [7, 11) is 0. The number of aromatic nitrogens is 2. The molecule has 0 saturated carbocycles. The van der Waals surface area contributed by atoms with Gasteiger partial charge in [0.05, 0.1) is 11.0 Å². The molecule has 16 heavy (non-hydrogen) atoms. The molecule has 3 nitrogen and oxygen atoms in total. The maximum atomic E-state index is 4.54. The quantitative estimate of drug-likeness (QED) is 0.658. The Morgan fingerprint density at radius 3 is 2.94 bits per heavy atom. The Morgan fingerprint density at radius 1 is 1.25 bits per heavy atom. The molecule has 0 bridgehead atoms. The second kappa shape index (κ2) is 3.59. The van der Waals surface area contributed by atoms with Crippen LogP contribution in [0, 0.1) is 6.92 Å². The summed E-state index contributed by atoms with van der Waals surface area (Å²) in [5.74, 6) is 1.99. The molecule has 0 amide bonds. The number of imidazole rings is 1. The van der Waals surface area contributed by atoms with E-state index in [0.29, 0.717) is 0 Å². The van der Waals surface area contributed by atoms with Crippen molar-refractivity contribution in [2.75, 3.05) is 6.54 Å². The number of para-hydroxylation sites is 2. The third-order valence-corrected chi connectivity index (χ3v) is 2.79. The third-order valence-electron chi connectivity index (χ3n) is 2.79. The lowest BCUT2D eigenvalue weighted by molar-refractivity contribution is 0.953. The van der Waals surface area contributed by atoms with Gasteiger partial charge in [-0.1, -0.05) is 18.2 Å². The minimum atomic E-state index is 0.873. The summed E-state index contributed by atoms with van der Waals surface area (Å²) >= 11 is 0. The predicted octanol–water partition coefficient (Wildman–Crippen LogP) is 2.55. The van der Waals surface area contributed by atoms with E-state index in [2.05, 4.69) is 32.8 Å². The van der Waals surface area contributed by atoms with Crippen LogP contribution in [0.3, 0.4) is 0 Å². The highest BCUT2D eigenvalue weighted by Crippen LogP contribution is 2.16. The summed E-state index contributed by atoms with van der Waals surface area (Å²) in [4.78, 5) is 9.07. The van der Waals surface area contributed by atoms with E-state index >= 15 is 0 Å². The Labute approximate surface area is 94.1 Å². The second-order valence-corrected chi connectivity index (χ2v) is 3.91. The number of fused-ring (bicyclic) bond motifs is 1. The number of hydrogen-bond acceptors (Lipinski definition) is 2. The van der Waals surface area contributed by atoms with E-state index in [1.807, 2.05) is 25.1 Å². The van der Waals surface area contributed by atoms with Crippen molar-refractivity contribution in [2.45, 2.75) is 13.3 Å². The lowest BCUT2D eigenvalue weighted by Gasteiger charge is -2.09. The Morgan fingerprint density at radius 2 is 2.12 bits per heavy atom. The minimum Gasteiger partial charge on any atom is -0.281 e. The van der Waals surface area contributed by atoms with E-state index in [1.54, 1.807) is 0 Å². The summed E-state index contributed by atoms with van der Waals surface area (Å²) in [6, 6.07) is 8.16. The van der Waals surface area contributed by atoms with Crippen LogP contribution in [0.4, 0.5) is 0 Å². The first-order chi connectivity index (χ1) is 7.86. The molecular weight excluding hydrogens is 198 g/mol. The zero-order chi connectivity index (χ0) is 11.0. The lowest BCUT2D eigenvalue weighted by Crippen LogP contribution is -2.13. The Hall–Kier alpha value is -1.90. The standard InChI is InChI=1S/C13H13N3/c1-10-15-11-6-2-3-7-12(11)16(10)13-8-4-5-9-14-13/h2-4,6-8H,5,9H2,1H3. The van der Waals surface area contributed by atoms with Crippen molar-refractivity contribution in [2.24, 2.45) is 4.99 Å². The van der Waals surface area contributed by atoms with Gasteiger partial charge in [-0.15, -0.1) is 0 Å². The maximum absolute atomic E-state index is 4.54. The minimum absolute atomic E-state index is 0.873. The highest BCUT2D eigenvalue weighted by Gasteiger charge is 2.10. The normalized spacial score (nSPS) is 15.4. The van der Waals surface area contributed by atoms with Crippen molar-refractivity contribution >= 4 is 16.9 Å². The van der Waals surface area contributed by atoms with Gasteiger partial charge in [-0.25, -0.2) is 4.98 Å². The molecular formula is C13H13N3. The molecule has 1 aromatic carbocycles. The average Bonchev–Trinajstić information content (AvgIpc) is 2.66. The molecule has 0 radical (unpaired) electrons. The number of benzene rings is 1. The molecule has 3 heteroatoms. The van der Waals surface area contributed by atoms with Gasteiger partial charge in [0.15, 0.2) is 0 Å². The maximum Gasteiger partial charge on any atom is 0.133 e. The Balaban J connectivity index is 2.26. The molecule has 0 fully saturated rings. The van der Waals surface area contributed by atoms with Gasteiger partial charge in [-0.2, -0.15) is 0 Å². The molecule has 0 N–H and O–H groups in total. The van der Waals surface area contributed by atoms with Crippen LogP contribution in [0.2, 0.25) is 0 Å². The topological polar surface area (TPSA) is 30.2 Å². The fourth-order valence-corrected chi connectivity index (χ4v) is 2.08. The van der Waals surface area contributed by atoms with Crippen molar-refractivity contribution in [3.05, 3.63) is 42.2 Å². The van der Waals surface area contributed by atoms with Crippen LogP contribution in [0.5, 0.6) is 0 Å². The molecule has 80 valence electrons. The number of dihydropyridines is 1. The fourth-order valence-electron chi connectivity index (χ4n) is 2.08. The summed E-state index contributed by atoms with van der Waals surface area (Å²) in [6.07, 6.45) is 5.27. The van der Waals surface area contributed by atoms with Crippen LogP contribution >= 0.6 is 0 Å². The van der Waals surface area contributed by atoms with Gasteiger partial charge in [0, 0.05) is 6.54 Å². The van der Waals surface area contributed by atoms with Crippen LogP contribution in [0.25, 0.3) is 11.0 Å². The average molecular weight is 211 g/mol. The van der Waals surface area contributed by atoms with Gasteiger partial charge in [0.25, 0.3) is 0 Å². The highest BCUT2D eigenvalue weighted by atomic mass is 15.1. The largest absolute Gasteiger partial charge is 0.281 e. The first-order valence-electron chi connectivity index (χ1n) is 5.52. The zero-order valence-electron chi connectivity index (χ0n) is 9.22. The van der Waals surface area contributed by atoms with Crippen LogP contribution in [0.1, 0.15) is 12.2 Å². The van der Waals surface area contributed by atoms with E-state index in [-0.39, 0.29) is 0 Å². The smallest absolute Gasteiger partial charge is 0.133 e. The van der Waals surface area contributed by atoms with Gasteiger partial charge in [0.1, 0.15) is 11.7 Å². The SMILES string of the molecule is Cc1nc2ccccc2n1C1=NCCC=C1.